The highest BCUT2D eigenvalue weighted by molar-refractivity contribution is 5.86. The Morgan fingerprint density at radius 2 is 1.41 bits per heavy atom. The van der Waals surface area contributed by atoms with E-state index in [1.54, 1.807) is 0 Å². The third-order valence-electron chi connectivity index (χ3n) is 6.45. The van der Waals surface area contributed by atoms with Crippen molar-refractivity contribution in [2.75, 3.05) is 19.7 Å². The Balaban J connectivity index is 1.31. The summed E-state index contributed by atoms with van der Waals surface area (Å²) < 4.78 is 5.70. The van der Waals surface area contributed by atoms with Crippen LogP contribution in [0.2, 0.25) is 0 Å². The number of rotatable bonds is 7. The molecule has 0 heterocycles. The largest absolute Gasteiger partial charge is 0.480 e. The van der Waals surface area contributed by atoms with Gasteiger partial charge in [0.25, 0.3) is 0 Å². The number of amides is 1. The molecular formula is C29H25NO4. The zero-order valence-electron chi connectivity index (χ0n) is 18.7. The van der Waals surface area contributed by atoms with Crippen LogP contribution in [0.1, 0.15) is 22.6 Å². The lowest BCUT2D eigenvalue weighted by Gasteiger charge is -2.22. The van der Waals surface area contributed by atoms with Crippen LogP contribution in [-0.2, 0) is 16.0 Å². The highest BCUT2D eigenvalue weighted by Crippen LogP contribution is 2.44. The Labute approximate surface area is 198 Å². The van der Waals surface area contributed by atoms with Crippen molar-refractivity contribution >= 4 is 22.8 Å². The summed E-state index contributed by atoms with van der Waals surface area (Å²) in [6.07, 6.45) is -0.0664. The van der Waals surface area contributed by atoms with E-state index in [4.69, 9.17) is 4.74 Å². The zero-order chi connectivity index (χ0) is 23.5. The van der Waals surface area contributed by atoms with Gasteiger partial charge in [-0.25, -0.2) is 4.79 Å². The second-order valence-corrected chi connectivity index (χ2v) is 8.51. The number of carboxylic acids is 1. The van der Waals surface area contributed by atoms with E-state index >= 15 is 0 Å². The molecule has 0 aromatic heterocycles. The molecule has 0 radical (unpaired) electrons. The van der Waals surface area contributed by atoms with Gasteiger partial charge in [0.2, 0.25) is 0 Å². The van der Waals surface area contributed by atoms with E-state index in [1.807, 2.05) is 66.7 Å². The van der Waals surface area contributed by atoms with Crippen LogP contribution in [0, 0.1) is 0 Å². The first-order valence-corrected chi connectivity index (χ1v) is 11.4. The standard InChI is InChI=1S/C29H25NO4/c31-28(32)18-30(17-16-21-10-7-9-20-8-1-2-11-22(20)21)29(33)34-19-27-25-14-5-3-12-23(25)24-13-4-6-15-26(24)27/h1-15,27H,16-19H2,(H,31,32). The molecule has 4 aromatic rings. The van der Waals surface area contributed by atoms with Crippen molar-refractivity contribution in [3.63, 3.8) is 0 Å². The zero-order valence-corrected chi connectivity index (χ0v) is 18.7. The van der Waals surface area contributed by atoms with Crippen molar-refractivity contribution in [2.45, 2.75) is 12.3 Å². The van der Waals surface area contributed by atoms with E-state index in [2.05, 4.69) is 24.3 Å². The number of carboxylic acid groups (broad SMARTS) is 1. The van der Waals surface area contributed by atoms with Gasteiger partial charge in [-0.15, -0.1) is 0 Å². The van der Waals surface area contributed by atoms with E-state index in [0.29, 0.717) is 6.42 Å². The lowest BCUT2D eigenvalue weighted by molar-refractivity contribution is -0.138. The summed E-state index contributed by atoms with van der Waals surface area (Å²) in [6, 6.07) is 30.3. The number of carbonyl (C=O) groups is 2. The highest BCUT2D eigenvalue weighted by Gasteiger charge is 2.30. The molecule has 0 saturated heterocycles. The summed E-state index contributed by atoms with van der Waals surface area (Å²) in [5, 5.41) is 11.6. The fourth-order valence-electron chi connectivity index (χ4n) is 4.85. The number of benzene rings is 4. The van der Waals surface area contributed by atoms with Crippen molar-refractivity contribution in [1.29, 1.82) is 0 Å². The minimum absolute atomic E-state index is 0.0684. The predicted molar refractivity (Wildman–Crippen MR) is 132 cm³/mol. The van der Waals surface area contributed by atoms with E-state index in [-0.39, 0.29) is 19.1 Å². The van der Waals surface area contributed by atoms with E-state index in [0.717, 1.165) is 38.6 Å². The van der Waals surface area contributed by atoms with Gasteiger partial charge in [0, 0.05) is 12.5 Å². The van der Waals surface area contributed by atoms with Crippen LogP contribution in [-0.4, -0.2) is 41.8 Å². The Bertz CT molecular complexity index is 1310. The van der Waals surface area contributed by atoms with Gasteiger partial charge in [-0.2, -0.15) is 0 Å². The minimum Gasteiger partial charge on any atom is -0.480 e. The maximum Gasteiger partial charge on any atom is 0.410 e. The van der Waals surface area contributed by atoms with Gasteiger partial charge in [-0.05, 0) is 45.0 Å². The second kappa shape index (κ2) is 9.40. The molecule has 0 fully saturated rings. The lowest BCUT2D eigenvalue weighted by atomic mass is 9.98. The molecule has 1 aliphatic rings. The molecule has 170 valence electrons. The van der Waals surface area contributed by atoms with Gasteiger partial charge >= 0.3 is 12.1 Å². The summed E-state index contributed by atoms with van der Waals surface area (Å²) >= 11 is 0. The first-order valence-electron chi connectivity index (χ1n) is 11.4. The predicted octanol–water partition coefficient (Wildman–Crippen LogP) is 5.72. The van der Waals surface area contributed by atoms with Gasteiger partial charge in [0.1, 0.15) is 13.2 Å². The molecule has 4 aromatic carbocycles. The molecule has 1 aliphatic carbocycles. The van der Waals surface area contributed by atoms with E-state index in [1.165, 1.54) is 4.90 Å². The number of hydrogen-bond donors (Lipinski definition) is 1. The third kappa shape index (κ3) is 4.25. The van der Waals surface area contributed by atoms with Crippen molar-refractivity contribution < 1.29 is 19.4 Å². The fraction of sp³-hybridized carbons (Fsp3) is 0.172. The molecule has 5 heteroatoms. The number of hydrogen-bond acceptors (Lipinski definition) is 3. The molecule has 0 bridgehead atoms. The van der Waals surface area contributed by atoms with Gasteiger partial charge in [0.05, 0.1) is 0 Å². The van der Waals surface area contributed by atoms with Crippen LogP contribution in [0.3, 0.4) is 0 Å². The molecule has 0 saturated carbocycles. The summed E-state index contributed by atoms with van der Waals surface area (Å²) in [5.74, 6) is -1.13. The average Bonchev–Trinajstić information content (AvgIpc) is 3.18. The van der Waals surface area contributed by atoms with Crippen molar-refractivity contribution in [2.24, 2.45) is 0 Å². The van der Waals surface area contributed by atoms with Crippen molar-refractivity contribution in [3.05, 3.63) is 108 Å². The molecule has 5 rings (SSSR count). The number of fused-ring (bicyclic) bond motifs is 4. The molecule has 1 N–H and O–H groups in total. The van der Waals surface area contributed by atoms with Crippen LogP contribution in [0.25, 0.3) is 21.9 Å². The number of carbonyl (C=O) groups excluding carboxylic acids is 1. The highest BCUT2D eigenvalue weighted by atomic mass is 16.6. The van der Waals surface area contributed by atoms with Crippen LogP contribution in [0.15, 0.2) is 91.0 Å². The lowest BCUT2D eigenvalue weighted by Crippen LogP contribution is -2.38. The number of nitrogens with zero attached hydrogens (tertiary/aromatic N) is 1. The Morgan fingerprint density at radius 3 is 2.12 bits per heavy atom. The van der Waals surface area contributed by atoms with E-state index < -0.39 is 18.6 Å². The monoisotopic (exact) mass is 451 g/mol. The first kappa shape index (κ1) is 21.7. The molecule has 0 spiro atoms. The molecule has 0 unspecified atom stereocenters. The van der Waals surface area contributed by atoms with Gasteiger partial charge in [-0.3, -0.25) is 9.69 Å². The van der Waals surface area contributed by atoms with E-state index in [9.17, 15) is 14.7 Å². The maximum atomic E-state index is 13.0. The molecule has 0 atom stereocenters. The van der Waals surface area contributed by atoms with Crippen molar-refractivity contribution in [1.82, 2.24) is 4.90 Å². The number of aliphatic carboxylic acids is 1. The quantitative estimate of drug-likeness (QED) is 0.390. The smallest absolute Gasteiger partial charge is 0.410 e. The topological polar surface area (TPSA) is 66.8 Å². The molecule has 0 aliphatic heterocycles. The maximum absolute atomic E-state index is 13.0. The summed E-state index contributed by atoms with van der Waals surface area (Å²) in [4.78, 5) is 25.7. The average molecular weight is 452 g/mol. The Morgan fingerprint density at radius 1 is 0.794 bits per heavy atom. The van der Waals surface area contributed by atoms with Crippen LogP contribution in [0.5, 0.6) is 0 Å². The molecular weight excluding hydrogens is 426 g/mol. The molecule has 5 nitrogen and oxygen atoms in total. The summed E-state index contributed by atoms with van der Waals surface area (Å²) in [5.41, 5.74) is 5.61. The first-order chi connectivity index (χ1) is 16.6. The third-order valence-corrected chi connectivity index (χ3v) is 6.45. The Kier molecular flexibility index (Phi) is 6.00. The number of ether oxygens (including phenoxy) is 1. The van der Waals surface area contributed by atoms with Crippen molar-refractivity contribution in [3.8, 4) is 11.1 Å². The molecule has 34 heavy (non-hydrogen) atoms. The van der Waals surface area contributed by atoms with Crippen LogP contribution >= 0.6 is 0 Å². The second-order valence-electron chi connectivity index (χ2n) is 8.51. The summed E-state index contributed by atoms with van der Waals surface area (Å²) in [7, 11) is 0. The van der Waals surface area contributed by atoms with Gasteiger partial charge in [-0.1, -0.05) is 91.0 Å². The van der Waals surface area contributed by atoms with Crippen LogP contribution in [0.4, 0.5) is 4.79 Å². The Hall–Kier alpha value is -4.12. The normalized spacial score (nSPS) is 12.2. The molecule has 1 amide bonds. The summed E-state index contributed by atoms with van der Waals surface area (Å²) in [6.45, 7) is 0.0235. The fourth-order valence-corrected chi connectivity index (χ4v) is 4.85. The van der Waals surface area contributed by atoms with Gasteiger partial charge in [0.15, 0.2) is 0 Å². The SMILES string of the molecule is O=C(O)CN(CCc1cccc2ccccc12)C(=O)OCC1c2ccccc2-c2ccccc21. The van der Waals surface area contributed by atoms with Crippen LogP contribution < -0.4 is 0 Å². The minimum atomic E-state index is -1.06. The van der Waals surface area contributed by atoms with Gasteiger partial charge < -0.3 is 9.84 Å².